The molecule has 0 radical (unpaired) electrons. The highest BCUT2D eigenvalue weighted by molar-refractivity contribution is 9.10. The summed E-state index contributed by atoms with van der Waals surface area (Å²) in [7, 11) is 0. The zero-order valence-electron chi connectivity index (χ0n) is 10.4. The van der Waals surface area contributed by atoms with E-state index in [1.54, 1.807) is 0 Å². The van der Waals surface area contributed by atoms with Gasteiger partial charge >= 0.3 is 0 Å². The number of amides is 1. The maximum absolute atomic E-state index is 12.1. The van der Waals surface area contributed by atoms with E-state index in [0.717, 1.165) is 32.7 Å². The number of halogens is 1. The molecule has 1 aliphatic rings. The van der Waals surface area contributed by atoms with Crippen LogP contribution < -0.4 is 0 Å². The van der Waals surface area contributed by atoms with Crippen LogP contribution in [0.4, 0.5) is 0 Å². The summed E-state index contributed by atoms with van der Waals surface area (Å²) >= 11 is 3.48. The highest BCUT2D eigenvalue weighted by atomic mass is 79.9. The van der Waals surface area contributed by atoms with Crippen molar-refractivity contribution in [2.75, 3.05) is 26.3 Å². The van der Waals surface area contributed by atoms with Gasteiger partial charge in [0.15, 0.2) is 0 Å². The predicted molar refractivity (Wildman–Crippen MR) is 68.7 cm³/mol. The number of carbonyl (C=O) groups is 1. The number of hydrogen-bond acceptors (Lipinski definition) is 2. The van der Waals surface area contributed by atoms with Crippen LogP contribution in [-0.4, -0.2) is 41.9 Å². The first-order valence-corrected chi connectivity index (χ1v) is 6.98. The molecule has 0 bridgehead atoms. The normalized spacial score (nSPS) is 22.4. The second kappa shape index (κ2) is 6.60. The van der Waals surface area contributed by atoms with Crippen LogP contribution in [0.2, 0.25) is 0 Å². The van der Waals surface area contributed by atoms with E-state index in [2.05, 4.69) is 29.8 Å². The molecule has 0 aromatic heterocycles. The first-order chi connectivity index (χ1) is 7.56. The van der Waals surface area contributed by atoms with Crippen LogP contribution in [0.15, 0.2) is 0 Å². The molecule has 0 spiro atoms. The lowest BCUT2D eigenvalue weighted by molar-refractivity contribution is -0.131. The zero-order chi connectivity index (χ0) is 12.1. The Balaban J connectivity index is 2.48. The van der Waals surface area contributed by atoms with Crippen LogP contribution in [0.1, 0.15) is 27.2 Å². The Morgan fingerprint density at radius 1 is 1.56 bits per heavy atom. The molecule has 0 saturated carbocycles. The van der Waals surface area contributed by atoms with E-state index in [1.807, 2.05) is 11.8 Å². The predicted octanol–water partition coefficient (Wildman–Crippen LogP) is 2.29. The van der Waals surface area contributed by atoms with Crippen molar-refractivity contribution in [3.8, 4) is 0 Å². The summed E-state index contributed by atoms with van der Waals surface area (Å²) in [5.74, 6) is 1.07. The molecule has 1 fully saturated rings. The lowest BCUT2D eigenvalue weighted by Crippen LogP contribution is -2.41. The number of carbonyl (C=O) groups excluding carboxylic acids is 1. The molecule has 1 amide bonds. The smallest absolute Gasteiger partial charge is 0.236 e. The van der Waals surface area contributed by atoms with E-state index >= 15 is 0 Å². The highest BCUT2D eigenvalue weighted by Crippen LogP contribution is 2.18. The first-order valence-electron chi connectivity index (χ1n) is 6.06. The summed E-state index contributed by atoms with van der Waals surface area (Å²) in [5, 5.41) is 0. The third kappa shape index (κ3) is 3.74. The zero-order valence-corrected chi connectivity index (χ0v) is 12.0. The summed E-state index contributed by atoms with van der Waals surface area (Å²) in [6, 6.07) is 0. The van der Waals surface area contributed by atoms with Gasteiger partial charge in [0.25, 0.3) is 0 Å². The second-order valence-corrected chi connectivity index (χ2v) is 5.74. The molecule has 1 aliphatic heterocycles. The summed E-state index contributed by atoms with van der Waals surface area (Å²) in [6.45, 7) is 9.42. The minimum Gasteiger partial charge on any atom is -0.381 e. The number of alkyl halides is 1. The van der Waals surface area contributed by atoms with Gasteiger partial charge in [0, 0.05) is 25.6 Å². The van der Waals surface area contributed by atoms with Crippen LogP contribution in [0.5, 0.6) is 0 Å². The van der Waals surface area contributed by atoms with Gasteiger partial charge in [-0.1, -0.05) is 29.8 Å². The molecule has 1 saturated heterocycles. The third-order valence-electron chi connectivity index (χ3n) is 3.02. The molecular formula is C12H22BrNO2. The topological polar surface area (TPSA) is 29.5 Å². The number of rotatable bonds is 5. The maximum Gasteiger partial charge on any atom is 0.236 e. The van der Waals surface area contributed by atoms with Gasteiger partial charge in [-0.15, -0.1) is 0 Å². The monoisotopic (exact) mass is 291 g/mol. The van der Waals surface area contributed by atoms with Gasteiger partial charge in [0.2, 0.25) is 5.91 Å². The lowest BCUT2D eigenvalue weighted by Gasteiger charge is -2.27. The molecule has 1 heterocycles. The molecule has 0 aliphatic carbocycles. The van der Waals surface area contributed by atoms with Crippen molar-refractivity contribution in [3.63, 3.8) is 0 Å². The minimum atomic E-state index is -0.0604. The molecule has 0 aromatic carbocycles. The van der Waals surface area contributed by atoms with Gasteiger partial charge in [-0.2, -0.15) is 0 Å². The standard InChI is InChI=1S/C12H22BrNO2/c1-4-14(7-10-5-6-16-8-10)12(15)11(13)9(2)3/h9-11H,4-8H2,1-3H3. The summed E-state index contributed by atoms with van der Waals surface area (Å²) in [6.07, 6.45) is 1.08. The van der Waals surface area contributed by atoms with E-state index in [1.165, 1.54) is 0 Å². The molecule has 3 nitrogen and oxygen atoms in total. The van der Waals surface area contributed by atoms with Gasteiger partial charge in [-0.3, -0.25) is 4.79 Å². The number of hydrogen-bond donors (Lipinski definition) is 0. The average molecular weight is 292 g/mol. The molecule has 1 rings (SSSR count). The van der Waals surface area contributed by atoms with Crippen LogP contribution in [0.3, 0.4) is 0 Å². The Hall–Kier alpha value is -0.0900. The molecule has 2 unspecified atom stereocenters. The Bertz CT molecular complexity index is 227. The summed E-state index contributed by atoms with van der Waals surface area (Å²) in [5.41, 5.74) is 0. The Morgan fingerprint density at radius 3 is 2.69 bits per heavy atom. The van der Waals surface area contributed by atoms with Crippen molar-refractivity contribution >= 4 is 21.8 Å². The number of ether oxygens (including phenoxy) is 1. The Morgan fingerprint density at radius 2 is 2.25 bits per heavy atom. The van der Waals surface area contributed by atoms with Crippen molar-refractivity contribution in [1.29, 1.82) is 0 Å². The summed E-state index contributed by atoms with van der Waals surface area (Å²) in [4.78, 5) is 14.0. The van der Waals surface area contributed by atoms with Crippen LogP contribution in [0.25, 0.3) is 0 Å². The Kier molecular flexibility index (Phi) is 5.76. The van der Waals surface area contributed by atoms with Crippen LogP contribution in [0, 0.1) is 11.8 Å². The van der Waals surface area contributed by atoms with Gasteiger partial charge in [-0.25, -0.2) is 0 Å². The van der Waals surface area contributed by atoms with E-state index < -0.39 is 0 Å². The average Bonchev–Trinajstić information content (AvgIpc) is 2.76. The second-order valence-electron chi connectivity index (χ2n) is 4.75. The van der Waals surface area contributed by atoms with Gasteiger partial charge < -0.3 is 9.64 Å². The molecule has 2 atom stereocenters. The summed E-state index contributed by atoms with van der Waals surface area (Å²) < 4.78 is 5.34. The fourth-order valence-electron chi connectivity index (χ4n) is 1.87. The lowest BCUT2D eigenvalue weighted by atomic mass is 10.1. The van der Waals surface area contributed by atoms with E-state index in [9.17, 15) is 4.79 Å². The quantitative estimate of drug-likeness (QED) is 0.728. The minimum absolute atomic E-state index is 0.0604. The van der Waals surface area contributed by atoms with Gasteiger partial charge in [-0.05, 0) is 19.3 Å². The van der Waals surface area contributed by atoms with E-state index in [-0.39, 0.29) is 10.7 Å². The molecule has 94 valence electrons. The molecule has 4 heteroatoms. The van der Waals surface area contributed by atoms with Crippen molar-refractivity contribution in [2.45, 2.75) is 32.0 Å². The molecule has 0 N–H and O–H groups in total. The van der Waals surface area contributed by atoms with Gasteiger partial charge in [0.1, 0.15) is 0 Å². The fraction of sp³-hybridized carbons (Fsp3) is 0.917. The Labute approximate surface area is 107 Å². The van der Waals surface area contributed by atoms with Crippen molar-refractivity contribution in [3.05, 3.63) is 0 Å². The molecule has 0 aromatic rings. The maximum atomic E-state index is 12.1. The van der Waals surface area contributed by atoms with E-state index in [0.29, 0.717) is 11.8 Å². The fourth-order valence-corrected chi connectivity index (χ4v) is 2.16. The van der Waals surface area contributed by atoms with Gasteiger partial charge in [0.05, 0.1) is 11.4 Å². The highest BCUT2D eigenvalue weighted by Gasteiger charge is 2.26. The third-order valence-corrected chi connectivity index (χ3v) is 4.47. The first kappa shape index (κ1) is 14.0. The van der Waals surface area contributed by atoms with E-state index in [4.69, 9.17) is 4.74 Å². The largest absolute Gasteiger partial charge is 0.381 e. The number of nitrogens with zero attached hydrogens (tertiary/aromatic N) is 1. The van der Waals surface area contributed by atoms with Crippen molar-refractivity contribution in [2.24, 2.45) is 11.8 Å². The van der Waals surface area contributed by atoms with Crippen molar-refractivity contribution < 1.29 is 9.53 Å². The van der Waals surface area contributed by atoms with Crippen molar-refractivity contribution in [1.82, 2.24) is 4.90 Å². The molecule has 16 heavy (non-hydrogen) atoms. The SMILES string of the molecule is CCN(CC1CCOC1)C(=O)C(Br)C(C)C. The molecular weight excluding hydrogens is 270 g/mol. The van der Waals surface area contributed by atoms with Crippen LogP contribution in [-0.2, 0) is 9.53 Å². The van der Waals surface area contributed by atoms with Crippen LogP contribution >= 0.6 is 15.9 Å².